The summed E-state index contributed by atoms with van der Waals surface area (Å²) in [6, 6.07) is 12.5. The summed E-state index contributed by atoms with van der Waals surface area (Å²) in [5.74, 6) is -1.04. The molecule has 1 amide bonds. The molecule has 2 aromatic carbocycles. The van der Waals surface area contributed by atoms with Crippen molar-refractivity contribution in [3.63, 3.8) is 0 Å². The van der Waals surface area contributed by atoms with Gasteiger partial charge in [0.05, 0.1) is 17.8 Å². The lowest BCUT2D eigenvalue weighted by atomic mass is 9.83. The summed E-state index contributed by atoms with van der Waals surface area (Å²) in [5, 5.41) is 0. The summed E-state index contributed by atoms with van der Waals surface area (Å²) in [5.41, 5.74) is 8.56. The first-order valence-electron chi connectivity index (χ1n) is 13.7. The Hall–Kier alpha value is -3.32. The van der Waals surface area contributed by atoms with Gasteiger partial charge in [-0.1, -0.05) is 51.6 Å². The Morgan fingerprint density at radius 3 is 2.05 bits per heavy atom. The van der Waals surface area contributed by atoms with Gasteiger partial charge in [0.1, 0.15) is 11.6 Å². The van der Waals surface area contributed by atoms with Crippen LogP contribution in [0.3, 0.4) is 0 Å². The number of ketones is 1. The molecule has 0 radical (unpaired) electrons. The quantitative estimate of drug-likeness (QED) is 0.363. The molecule has 3 rings (SSSR count). The molecule has 210 valence electrons. The van der Waals surface area contributed by atoms with Crippen LogP contribution in [-0.4, -0.2) is 46.7 Å². The first-order chi connectivity index (χ1) is 18.5. The second-order valence-electron chi connectivity index (χ2n) is 10.8. The summed E-state index contributed by atoms with van der Waals surface area (Å²) in [6.07, 6.45) is 1.68. The van der Waals surface area contributed by atoms with Crippen molar-refractivity contribution in [2.45, 2.75) is 65.3 Å². The molecule has 5 nitrogen and oxygen atoms in total. The van der Waals surface area contributed by atoms with Gasteiger partial charge in [0.2, 0.25) is 5.91 Å². The highest BCUT2D eigenvalue weighted by Crippen LogP contribution is 2.39. The number of halogens is 2. The molecule has 1 saturated heterocycles. The highest BCUT2D eigenvalue weighted by molar-refractivity contribution is 6.03. The standard InChI is InChI=1S/C32H41F2N3O2/c1-7-21(3)30(25-11-15-27(34)16-12-25)31(28(38)19-23(8-2)24-9-13-26(33)14-10-24)36-17-18-37(29(39)20-35)32(5,6)22(36)4/h9-16,21,23H,4,7-8,17-20,35H2,1-3,5-6H3. The SMILES string of the molecule is C=C1N(C(C(=O)CC(CC)c2ccc(F)cc2)=C(c2ccc(F)cc2)C(C)CC)CCN(C(=O)CN)C1(C)C. The molecule has 0 aliphatic carbocycles. The fourth-order valence-corrected chi connectivity index (χ4v) is 5.38. The largest absolute Gasteiger partial charge is 0.338 e. The van der Waals surface area contributed by atoms with Gasteiger partial charge in [-0.2, -0.15) is 0 Å². The smallest absolute Gasteiger partial charge is 0.237 e. The molecule has 0 spiro atoms. The zero-order valence-corrected chi connectivity index (χ0v) is 23.8. The van der Waals surface area contributed by atoms with Gasteiger partial charge in [-0.25, -0.2) is 8.78 Å². The zero-order valence-electron chi connectivity index (χ0n) is 23.8. The minimum Gasteiger partial charge on any atom is -0.338 e. The van der Waals surface area contributed by atoms with Crippen LogP contribution in [-0.2, 0) is 9.59 Å². The molecule has 2 atom stereocenters. The molecular formula is C32H41F2N3O2. The first-order valence-corrected chi connectivity index (χ1v) is 13.7. The summed E-state index contributed by atoms with van der Waals surface area (Å²) in [4.78, 5) is 30.7. The van der Waals surface area contributed by atoms with E-state index in [9.17, 15) is 18.4 Å². The zero-order chi connectivity index (χ0) is 28.9. The number of benzene rings is 2. The lowest BCUT2D eigenvalue weighted by molar-refractivity contribution is -0.136. The number of amides is 1. The van der Waals surface area contributed by atoms with Crippen molar-refractivity contribution in [2.75, 3.05) is 19.6 Å². The van der Waals surface area contributed by atoms with Crippen LogP contribution in [0, 0.1) is 17.6 Å². The van der Waals surface area contributed by atoms with Gasteiger partial charge in [0, 0.05) is 25.2 Å². The summed E-state index contributed by atoms with van der Waals surface area (Å²) >= 11 is 0. The number of piperazine rings is 1. The van der Waals surface area contributed by atoms with Gasteiger partial charge in [0.15, 0.2) is 5.78 Å². The van der Waals surface area contributed by atoms with Crippen molar-refractivity contribution in [1.82, 2.24) is 9.80 Å². The van der Waals surface area contributed by atoms with Gasteiger partial charge in [-0.15, -0.1) is 0 Å². The second kappa shape index (κ2) is 12.7. The third kappa shape index (κ3) is 6.47. The summed E-state index contributed by atoms with van der Waals surface area (Å²) in [6.45, 7) is 15.0. The monoisotopic (exact) mass is 537 g/mol. The Balaban J connectivity index is 2.18. The number of nitrogens with two attached hydrogens (primary N) is 1. The van der Waals surface area contributed by atoms with Crippen LogP contribution in [0.15, 0.2) is 66.5 Å². The van der Waals surface area contributed by atoms with Crippen molar-refractivity contribution in [3.8, 4) is 0 Å². The topological polar surface area (TPSA) is 66.6 Å². The van der Waals surface area contributed by atoms with Crippen LogP contribution in [0.5, 0.6) is 0 Å². The highest BCUT2D eigenvalue weighted by Gasteiger charge is 2.42. The number of allylic oxidation sites excluding steroid dienone is 2. The molecule has 1 aliphatic heterocycles. The minimum absolute atomic E-state index is 0.0140. The lowest BCUT2D eigenvalue weighted by Crippen LogP contribution is -2.60. The molecule has 39 heavy (non-hydrogen) atoms. The maximum atomic E-state index is 14.4. The van der Waals surface area contributed by atoms with Crippen molar-refractivity contribution in [1.29, 1.82) is 0 Å². The van der Waals surface area contributed by atoms with Crippen molar-refractivity contribution in [2.24, 2.45) is 11.7 Å². The van der Waals surface area contributed by atoms with E-state index in [4.69, 9.17) is 5.73 Å². The molecule has 7 heteroatoms. The van der Waals surface area contributed by atoms with Crippen molar-refractivity contribution < 1.29 is 18.4 Å². The second-order valence-corrected chi connectivity index (χ2v) is 10.8. The van der Waals surface area contributed by atoms with E-state index in [0.29, 0.717) is 30.9 Å². The van der Waals surface area contributed by atoms with Crippen LogP contribution in [0.1, 0.15) is 70.9 Å². The van der Waals surface area contributed by atoms with Gasteiger partial charge < -0.3 is 15.5 Å². The Labute approximate surface area is 231 Å². The fourth-order valence-electron chi connectivity index (χ4n) is 5.38. The number of hydrogen-bond donors (Lipinski definition) is 1. The third-order valence-corrected chi connectivity index (χ3v) is 8.05. The number of nitrogens with zero attached hydrogens (tertiary/aromatic N) is 2. The average molecular weight is 538 g/mol. The summed E-state index contributed by atoms with van der Waals surface area (Å²) in [7, 11) is 0. The molecule has 0 saturated carbocycles. The molecule has 1 aliphatic rings. The molecule has 2 unspecified atom stereocenters. The van der Waals surface area contributed by atoms with E-state index in [0.717, 1.165) is 23.1 Å². The van der Waals surface area contributed by atoms with Crippen LogP contribution in [0.2, 0.25) is 0 Å². The van der Waals surface area contributed by atoms with Gasteiger partial charge in [-0.05, 0) is 79.5 Å². The van der Waals surface area contributed by atoms with Crippen LogP contribution < -0.4 is 5.73 Å². The maximum absolute atomic E-state index is 14.4. The Morgan fingerprint density at radius 2 is 1.54 bits per heavy atom. The number of hydrogen-bond acceptors (Lipinski definition) is 4. The summed E-state index contributed by atoms with van der Waals surface area (Å²) < 4.78 is 27.5. The number of carbonyl (C=O) groups excluding carboxylic acids is 2. The Kier molecular flexibility index (Phi) is 9.83. The lowest BCUT2D eigenvalue weighted by Gasteiger charge is -2.50. The highest BCUT2D eigenvalue weighted by atomic mass is 19.1. The predicted molar refractivity (Wildman–Crippen MR) is 153 cm³/mol. The molecule has 1 fully saturated rings. The van der Waals surface area contributed by atoms with E-state index in [2.05, 4.69) is 20.4 Å². The number of rotatable bonds is 10. The molecule has 0 bridgehead atoms. The molecule has 2 aromatic rings. The molecule has 1 heterocycles. The molecular weight excluding hydrogens is 496 g/mol. The predicted octanol–water partition coefficient (Wildman–Crippen LogP) is 6.27. The number of carbonyl (C=O) groups is 2. The molecule has 2 N–H and O–H groups in total. The normalized spacial score (nSPS) is 17.5. The number of Topliss-reactive ketones (excluding diaryl/α,β-unsaturated/α-hetero) is 1. The fraction of sp³-hybridized carbons (Fsp3) is 0.438. The Bertz CT molecular complexity index is 1220. The van der Waals surface area contributed by atoms with E-state index >= 15 is 0 Å². The third-order valence-electron chi connectivity index (χ3n) is 8.05. The van der Waals surface area contributed by atoms with Gasteiger partial charge in [-0.3, -0.25) is 9.59 Å². The maximum Gasteiger partial charge on any atom is 0.237 e. The van der Waals surface area contributed by atoms with E-state index < -0.39 is 5.54 Å². The van der Waals surface area contributed by atoms with E-state index in [-0.39, 0.29) is 48.1 Å². The van der Waals surface area contributed by atoms with Crippen LogP contribution in [0.25, 0.3) is 5.57 Å². The van der Waals surface area contributed by atoms with Gasteiger partial charge >= 0.3 is 0 Å². The van der Waals surface area contributed by atoms with Crippen LogP contribution >= 0.6 is 0 Å². The van der Waals surface area contributed by atoms with Crippen LogP contribution in [0.4, 0.5) is 8.78 Å². The van der Waals surface area contributed by atoms with Gasteiger partial charge in [0.25, 0.3) is 0 Å². The van der Waals surface area contributed by atoms with Crippen molar-refractivity contribution in [3.05, 3.63) is 89.3 Å². The minimum atomic E-state index is -0.773. The first kappa shape index (κ1) is 30.2. The van der Waals surface area contributed by atoms with E-state index in [1.165, 1.54) is 24.3 Å². The molecule has 0 aromatic heterocycles. The van der Waals surface area contributed by atoms with E-state index in [1.807, 2.05) is 25.7 Å². The van der Waals surface area contributed by atoms with Crippen molar-refractivity contribution >= 4 is 17.3 Å². The van der Waals surface area contributed by atoms with E-state index in [1.54, 1.807) is 29.2 Å². The average Bonchev–Trinajstić information content (AvgIpc) is 2.92. The Morgan fingerprint density at radius 1 is 0.974 bits per heavy atom.